The Morgan fingerprint density at radius 1 is 1.35 bits per heavy atom. The molecule has 0 amide bonds. The lowest BCUT2D eigenvalue weighted by molar-refractivity contribution is 0.185. The minimum Gasteiger partial charge on any atom is -0.271 e. The molecular formula is C15H27BrN4. The van der Waals surface area contributed by atoms with Gasteiger partial charge in [-0.2, -0.15) is 5.10 Å². The molecule has 0 saturated heterocycles. The van der Waals surface area contributed by atoms with E-state index in [0.717, 1.165) is 22.9 Å². The predicted octanol–water partition coefficient (Wildman–Crippen LogP) is 3.63. The van der Waals surface area contributed by atoms with Gasteiger partial charge in [-0.25, -0.2) is 0 Å². The van der Waals surface area contributed by atoms with Crippen LogP contribution >= 0.6 is 15.9 Å². The highest BCUT2D eigenvalue weighted by Crippen LogP contribution is 2.40. The maximum Gasteiger partial charge on any atom is 0.0711 e. The highest BCUT2D eigenvalue weighted by Gasteiger charge is 2.31. The molecule has 114 valence electrons. The van der Waals surface area contributed by atoms with E-state index in [1.807, 2.05) is 10.9 Å². The van der Waals surface area contributed by atoms with Crippen molar-refractivity contribution >= 4 is 15.9 Å². The zero-order chi connectivity index (χ0) is 14.7. The van der Waals surface area contributed by atoms with Gasteiger partial charge in [0.05, 0.1) is 22.4 Å². The zero-order valence-electron chi connectivity index (χ0n) is 12.8. The van der Waals surface area contributed by atoms with Crippen LogP contribution in [0.15, 0.2) is 10.7 Å². The topological polar surface area (TPSA) is 55.9 Å². The van der Waals surface area contributed by atoms with Crippen molar-refractivity contribution in [2.75, 3.05) is 0 Å². The minimum absolute atomic E-state index is 0.194. The van der Waals surface area contributed by atoms with E-state index in [1.54, 1.807) is 0 Å². The van der Waals surface area contributed by atoms with E-state index < -0.39 is 0 Å². The standard InChI is InChI=1S/C15H27BrN4/c1-4-20-15(13(16)9-18-20)14(19-17)12-7-5-11(6-8-12)10(2)3/h9-12,14,19H,4-8,17H2,1-3H3. The van der Waals surface area contributed by atoms with Gasteiger partial charge in [-0.05, 0) is 66.3 Å². The maximum absolute atomic E-state index is 5.87. The molecule has 1 aliphatic carbocycles. The fourth-order valence-electron chi connectivity index (χ4n) is 3.52. The summed E-state index contributed by atoms with van der Waals surface area (Å²) < 4.78 is 3.11. The number of aromatic nitrogens is 2. The number of nitrogens with zero attached hydrogens (tertiary/aromatic N) is 2. The Morgan fingerprint density at radius 2 is 1.95 bits per heavy atom. The van der Waals surface area contributed by atoms with E-state index in [9.17, 15) is 0 Å². The Balaban J connectivity index is 2.11. The molecule has 2 rings (SSSR count). The molecule has 0 aliphatic heterocycles. The van der Waals surface area contributed by atoms with E-state index in [0.29, 0.717) is 5.92 Å². The van der Waals surface area contributed by atoms with E-state index in [4.69, 9.17) is 5.84 Å². The van der Waals surface area contributed by atoms with Crippen molar-refractivity contribution in [3.63, 3.8) is 0 Å². The molecule has 0 radical (unpaired) electrons. The lowest BCUT2D eigenvalue weighted by Crippen LogP contribution is -2.37. The van der Waals surface area contributed by atoms with Crippen molar-refractivity contribution in [3.8, 4) is 0 Å². The van der Waals surface area contributed by atoms with Crippen LogP contribution in [-0.4, -0.2) is 9.78 Å². The van der Waals surface area contributed by atoms with Crippen LogP contribution in [0.25, 0.3) is 0 Å². The molecule has 0 bridgehead atoms. The molecular weight excluding hydrogens is 316 g/mol. The Labute approximate surface area is 130 Å². The summed E-state index contributed by atoms with van der Waals surface area (Å²) >= 11 is 3.62. The second-order valence-electron chi connectivity index (χ2n) is 6.26. The second-order valence-corrected chi connectivity index (χ2v) is 7.11. The number of aryl methyl sites for hydroxylation is 1. The first-order valence-electron chi connectivity index (χ1n) is 7.75. The number of rotatable bonds is 5. The summed E-state index contributed by atoms with van der Waals surface area (Å²) in [5.41, 5.74) is 4.24. The zero-order valence-corrected chi connectivity index (χ0v) is 14.4. The molecule has 1 aromatic heterocycles. The number of hydrogen-bond acceptors (Lipinski definition) is 3. The molecule has 1 saturated carbocycles. The Bertz CT molecular complexity index is 422. The van der Waals surface area contributed by atoms with Crippen molar-refractivity contribution in [3.05, 3.63) is 16.4 Å². The van der Waals surface area contributed by atoms with Gasteiger partial charge < -0.3 is 0 Å². The van der Waals surface area contributed by atoms with Crippen LogP contribution in [0.1, 0.15) is 58.2 Å². The molecule has 3 N–H and O–H groups in total. The van der Waals surface area contributed by atoms with Crippen molar-refractivity contribution in [2.24, 2.45) is 23.6 Å². The third-order valence-corrected chi connectivity index (χ3v) is 5.45. The summed E-state index contributed by atoms with van der Waals surface area (Å²) in [6, 6.07) is 0.194. The Kier molecular flexibility index (Phi) is 5.64. The van der Waals surface area contributed by atoms with Crippen LogP contribution in [0.5, 0.6) is 0 Å². The van der Waals surface area contributed by atoms with Crippen molar-refractivity contribution in [1.82, 2.24) is 15.2 Å². The first kappa shape index (κ1) is 16.0. The van der Waals surface area contributed by atoms with Crippen LogP contribution in [-0.2, 0) is 6.54 Å². The maximum atomic E-state index is 5.87. The molecule has 20 heavy (non-hydrogen) atoms. The van der Waals surface area contributed by atoms with Gasteiger partial charge in [-0.3, -0.25) is 16.0 Å². The van der Waals surface area contributed by atoms with Gasteiger partial charge in [0.15, 0.2) is 0 Å². The van der Waals surface area contributed by atoms with Gasteiger partial charge in [0.1, 0.15) is 0 Å². The van der Waals surface area contributed by atoms with E-state index in [2.05, 4.69) is 47.2 Å². The van der Waals surface area contributed by atoms with Gasteiger partial charge in [0, 0.05) is 6.54 Å². The average Bonchev–Trinajstić information content (AvgIpc) is 2.82. The van der Waals surface area contributed by atoms with Crippen molar-refractivity contribution in [2.45, 2.75) is 59.0 Å². The number of hydrazine groups is 1. The largest absolute Gasteiger partial charge is 0.271 e. The third-order valence-electron chi connectivity index (χ3n) is 4.84. The Morgan fingerprint density at radius 3 is 2.45 bits per heavy atom. The van der Waals surface area contributed by atoms with Crippen LogP contribution in [0, 0.1) is 17.8 Å². The lowest BCUT2D eigenvalue weighted by Gasteiger charge is -2.35. The summed E-state index contributed by atoms with van der Waals surface area (Å²) in [5.74, 6) is 8.15. The summed E-state index contributed by atoms with van der Waals surface area (Å²) in [6.45, 7) is 7.67. The molecule has 1 unspecified atom stereocenters. The smallest absolute Gasteiger partial charge is 0.0711 e. The van der Waals surface area contributed by atoms with Gasteiger partial charge >= 0.3 is 0 Å². The molecule has 1 atom stereocenters. The predicted molar refractivity (Wildman–Crippen MR) is 86.0 cm³/mol. The van der Waals surface area contributed by atoms with Crippen molar-refractivity contribution < 1.29 is 0 Å². The summed E-state index contributed by atoms with van der Waals surface area (Å²) in [4.78, 5) is 0. The van der Waals surface area contributed by atoms with Gasteiger partial charge in [-0.1, -0.05) is 13.8 Å². The Hall–Kier alpha value is -0.390. The van der Waals surface area contributed by atoms with Crippen LogP contribution in [0.3, 0.4) is 0 Å². The third kappa shape index (κ3) is 3.26. The van der Waals surface area contributed by atoms with Gasteiger partial charge in [0.2, 0.25) is 0 Å². The number of nitrogens with one attached hydrogen (secondary N) is 1. The minimum atomic E-state index is 0.194. The fourth-order valence-corrected chi connectivity index (χ4v) is 4.06. The highest BCUT2D eigenvalue weighted by atomic mass is 79.9. The molecule has 1 heterocycles. The summed E-state index contributed by atoms with van der Waals surface area (Å²) in [7, 11) is 0. The molecule has 4 nitrogen and oxygen atoms in total. The molecule has 0 spiro atoms. The highest BCUT2D eigenvalue weighted by molar-refractivity contribution is 9.10. The van der Waals surface area contributed by atoms with Crippen molar-refractivity contribution in [1.29, 1.82) is 0 Å². The van der Waals surface area contributed by atoms with E-state index >= 15 is 0 Å². The van der Waals surface area contributed by atoms with Crippen LogP contribution < -0.4 is 11.3 Å². The SMILES string of the molecule is CCn1ncc(Br)c1C(NN)C1CCC(C(C)C)CC1. The summed E-state index contributed by atoms with van der Waals surface area (Å²) in [5, 5.41) is 4.42. The quantitative estimate of drug-likeness (QED) is 0.634. The van der Waals surface area contributed by atoms with Crippen LogP contribution in [0.2, 0.25) is 0 Å². The number of nitrogens with two attached hydrogens (primary N) is 1. The molecule has 1 aromatic rings. The van der Waals surface area contributed by atoms with Crippen LogP contribution in [0.4, 0.5) is 0 Å². The lowest BCUT2D eigenvalue weighted by atomic mass is 9.74. The monoisotopic (exact) mass is 342 g/mol. The van der Waals surface area contributed by atoms with E-state index in [1.165, 1.54) is 31.4 Å². The molecule has 5 heteroatoms. The first-order valence-corrected chi connectivity index (χ1v) is 8.55. The number of halogens is 1. The molecule has 0 aromatic carbocycles. The summed E-state index contributed by atoms with van der Waals surface area (Å²) in [6.07, 6.45) is 7.01. The normalized spacial score (nSPS) is 25.1. The van der Waals surface area contributed by atoms with Gasteiger partial charge in [-0.15, -0.1) is 0 Å². The number of hydrogen-bond donors (Lipinski definition) is 2. The van der Waals surface area contributed by atoms with E-state index in [-0.39, 0.29) is 6.04 Å². The molecule has 1 fully saturated rings. The fraction of sp³-hybridized carbons (Fsp3) is 0.800. The average molecular weight is 343 g/mol. The van der Waals surface area contributed by atoms with Gasteiger partial charge in [0.25, 0.3) is 0 Å². The molecule has 1 aliphatic rings. The first-order chi connectivity index (χ1) is 9.58. The second kappa shape index (κ2) is 7.05.